The van der Waals surface area contributed by atoms with Crippen molar-refractivity contribution in [3.8, 4) is 0 Å². The van der Waals surface area contributed by atoms with E-state index in [2.05, 4.69) is 4.98 Å². The Morgan fingerprint density at radius 2 is 1.55 bits per heavy atom. The van der Waals surface area contributed by atoms with Crippen molar-refractivity contribution in [1.29, 1.82) is 0 Å². The molecule has 0 aliphatic rings. The SMILES string of the molecule is O=C(O)c1[nH]c2ccccc2c(=O)c1C(=O)c1ccccc1. The lowest BCUT2D eigenvalue weighted by Gasteiger charge is -2.07. The van der Waals surface area contributed by atoms with Gasteiger partial charge in [-0.2, -0.15) is 0 Å². The lowest BCUT2D eigenvalue weighted by atomic mass is 9.99. The highest BCUT2D eigenvalue weighted by Gasteiger charge is 2.23. The minimum atomic E-state index is -1.35. The number of ketones is 1. The Hall–Kier alpha value is -3.21. The van der Waals surface area contributed by atoms with Crippen molar-refractivity contribution in [1.82, 2.24) is 4.98 Å². The fourth-order valence-electron chi connectivity index (χ4n) is 2.35. The van der Waals surface area contributed by atoms with Gasteiger partial charge in [0.05, 0.1) is 0 Å². The molecule has 0 fully saturated rings. The van der Waals surface area contributed by atoms with Gasteiger partial charge in [0.2, 0.25) is 5.43 Å². The van der Waals surface area contributed by atoms with Crippen molar-refractivity contribution in [2.24, 2.45) is 0 Å². The first-order valence-corrected chi connectivity index (χ1v) is 6.57. The molecule has 5 nitrogen and oxygen atoms in total. The molecule has 0 radical (unpaired) electrons. The zero-order chi connectivity index (χ0) is 15.7. The Kier molecular flexibility index (Phi) is 3.31. The van der Waals surface area contributed by atoms with Crippen molar-refractivity contribution in [2.45, 2.75) is 0 Å². The number of hydrogen-bond acceptors (Lipinski definition) is 3. The molecule has 0 spiro atoms. The Labute approximate surface area is 124 Å². The van der Waals surface area contributed by atoms with E-state index >= 15 is 0 Å². The molecule has 0 unspecified atom stereocenters. The summed E-state index contributed by atoms with van der Waals surface area (Å²) >= 11 is 0. The van der Waals surface area contributed by atoms with Crippen molar-refractivity contribution in [3.63, 3.8) is 0 Å². The van der Waals surface area contributed by atoms with Gasteiger partial charge < -0.3 is 10.1 Å². The van der Waals surface area contributed by atoms with Crippen LogP contribution in [0, 0.1) is 0 Å². The third kappa shape index (κ3) is 2.18. The van der Waals surface area contributed by atoms with Gasteiger partial charge in [0.1, 0.15) is 11.3 Å². The highest BCUT2D eigenvalue weighted by molar-refractivity contribution is 6.15. The molecule has 0 saturated carbocycles. The van der Waals surface area contributed by atoms with Crippen molar-refractivity contribution < 1.29 is 14.7 Å². The average Bonchev–Trinajstić information content (AvgIpc) is 2.55. The molecule has 0 saturated heterocycles. The highest BCUT2D eigenvalue weighted by atomic mass is 16.4. The van der Waals surface area contributed by atoms with Crippen molar-refractivity contribution in [2.75, 3.05) is 0 Å². The van der Waals surface area contributed by atoms with Gasteiger partial charge in [-0.15, -0.1) is 0 Å². The molecule has 2 N–H and O–H groups in total. The number of hydrogen-bond donors (Lipinski definition) is 2. The Balaban J connectivity index is 2.35. The van der Waals surface area contributed by atoms with Crippen LogP contribution in [-0.4, -0.2) is 21.8 Å². The zero-order valence-electron chi connectivity index (χ0n) is 11.4. The van der Waals surface area contributed by atoms with Crippen molar-refractivity contribution in [3.05, 3.63) is 81.6 Å². The number of aromatic amines is 1. The van der Waals surface area contributed by atoms with Crippen LogP contribution >= 0.6 is 0 Å². The summed E-state index contributed by atoms with van der Waals surface area (Å²) in [7, 11) is 0. The summed E-state index contributed by atoms with van der Waals surface area (Å²) in [6.07, 6.45) is 0. The third-order valence-corrected chi connectivity index (χ3v) is 3.39. The van der Waals surface area contributed by atoms with E-state index in [1.807, 2.05) is 0 Å². The molecule has 2 aromatic carbocycles. The number of H-pyrrole nitrogens is 1. The second-order valence-electron chi connectivity index (χ2n) is 4.75. The summed E-state index contributed by atoms with van der Waals surface area (Å²) in [5.41, 5.74) is -0.671. The van der Waals surface area contributed by atoms with Crippen molar-refractivity contribution >= 4 is 22.7 Å². The highest BCUT2D eigenvalue weighted by Crippen LogP contribution is 2.15. The number of carboxylic acid groups (broad SMARTS) is 1. The lowest BCUT2D eigenvalue weighted by molar-refractivity contribution is 0.0686. The molecule has 1 aromatic heterocycles. The summed E-state index contributed by atoms with van der Waals surface area (Å²) in [5, 5.41) is 9.61. The average molecular weight is 293 g/mol. The molecular weight excluding hydrogens is 282 g/mol. The number of carbonyl (C=O) groups is 2. The standard InChI is InChI=1S/C17H11NO4/c19-15(10-6-2-1-3-7-10)13-14(17(21)22)18-12-9-5-4-8-11(12)16(13)20/h1-9H,(H,18,20)(H,21,22). The molecule has 0 atom stereocenters. The maximum Gasteiger partial charge on any atom is 0.353 e. The minimum absolute atomic E-state index is 0.269. The largest absolute Gasteiger partial charge is 0.477 e. The molecule has 108 valence electrons. The predicted octanol–water partition coefficient (Wildman–Crippen LogP) is 2.46. The fraction of sp³-hybridized carbons (Fsp3) is 0. The van der Waals surface area contributed by atoms with Gasteiger partial charge in [-0.25, -0.2) is 4.79 Å². The van der Waals surface area contributed by atoms with Gasteiger partial charge in [-0.1, -0.05) is 42.5 Å². The van der Waals surface area contributed by atoms with Gasteiger partial charge in [0, 0.05) is 16.5 Å². The molecule has 0 amide bonds. The second kappa shape index (κ2) is 5.29. The normalized spacial score (nSPS) is 10.5. The number of rotatable bonds is 3. The first-order valence-electron chi connectivity index (χ1n) is 6.57. The van der Waals surface area contributed by atoms with Crippen LogP contribution in [0.15, 0.2) is 59.4 Å². The number of carboxylic acids is 1. The molecule has 1 heterocycles. The Morgan fingerprint density at radius 1 is 0.909 bits per heavy atom. The summed E-state index contributed by atoms with van der Waals surface area (Å²) in [6, 6.07) is 14.6. The van der Waals surface area contributed by atoms with E-state index in [1.165, 1.54) is 0 Å². The number of aromatic carboxylic acids is 1. The molecule has 3 aromatic rings. The van der Waals surface area contributed by atoms with Crippen LogP contribution in [0.3, 0.4) is 0 Å². The second-order valence-corrected chi connectivity index (χ2v) is 4.75. The van der Waals surface area contributed by atoms with E-state index in [-0.39, 0.29) is 16.5 Å². The number of carbonyl (C=O) groups excluding carboxylic acids is 1. The van der Waals surface area contributed by atoms with Crippen LogP contribution in [0.4, 0.5) is 0 Å². The number of benzene rings is 2. The number of aromatic nitrogens is 1. The van der Waals surface area contributed by atoms with Crippen LogP contribution < -0.4 is 5.43 Å². The summed E-state index contributed by atoms with van der Waals surface area (Å²) in [6.45, 7) is 0. The van der Waals surface area contributed by atoms with Crippen LogP contribution in [0.2, 0.25) is 0 Å². The molecule has 22 heavy (non-hydrogen) atoms. The van der Waals surface area contributed by atoms with E-state index in [4.69, 9.17) is 0 Å². The van der Waals surface area contributed by atoms with Crippen LogP contribution in [0.5, 0.6) is 0 Å². The molecule has 0 bridgehead atoms. The predicted molar refractivity (Wildman–Crippen MR) is 81.4 cm³/mol. The van der Waals surface area contributed by atoms with E-state index < -0.39 is 22.9 Å². The lowest BCUT2D eigenvalue weighted by Crippen LogP contribution is -2.23. The van der Waals surface area contributed by atoms with E-state index in [9.17, 15) is 19.5 Å². The van der Waals surface area contributed by atoms with E-state index in [0.717, 1.165) is 0 Å². The number of nitrogens with one attached hydrogen (secondary N) is 1. The van der Waals surface area contributed by atoms with E-state index in [0.29, 0.717) is 5.52 Å². The third-order valence-electron chi connectivity index (χ3n) is 3.39. The Morgan fingerprint density at radius 3 is 2.23 bits per heavy atom. The summed E-state index contributed by atoms with van der Waals surface area (Å²) in [5.74, 6) is -1.95. The smallest absolute Gasteiger partial charge is 0.353 e. The number of para-hydroxylation sites is 1. The van der Waals surface area contributed by atoms with E-state index in [1.54, 1.807) is 54.6 Å². The molecule has 5 heteroatoms. The topological polar surface area (TPSA) is 87.2 Å². The maximum absolute atomic E-state index is 12.6. The van der Waals surface area contributed by atoms with Crippen LogP contribution in [-0.2, 0) is 0 Å². The first-order chi connectivity index (χ1) is 10.6. The first kappa shape index (κ1) is 13.8. The minimum Gasteiger partial charge on any atom is -0.477 e. The number of pyridine rings is 1. The fourth-order valence-corrected chi connectivity index (χ4v) is 2.35. The van der Waals surface area contributed by atoms with Gasteiger partial charge in [0.15, 0.2) is 5.78 Å². The van der Waals surface area contributed by atoms with Gasteiger partial charge in [-0.3, -0.25) is 9.59 Å². The van der Waals surface area contributed by atoms with Crippen LogP contribution in [0.25, 0.3) is 10.9 Å². The summed E-state index contributed by atoms with van der Waals surface area (Å²) < 4.78 is 0. The van der Waals surface area contributed by atoms with Gasteiger partial charge in [0.25, 0.3) is 0 Å². The molecule has 3 rings (SSSR count). The van der Waals surface area contributed by atoms with Gasteiger partial charge in [-0.05, 0) is 12.1 Å². The zero-order valence-corrected chi connectivity index (χ0v) is 11.4. The molecule has 0 aliphatic carbocycles. The Bertz CT molecular complexity index is 942. The molecule has 0 aliphatic heterocycles. The maximum atomic E-state index is 12.6. The number of fused-ring (bicyclic) bond motifs is 1. The molecular formula is C17H11NO4. The van der Waals surface area contributed by atoms with Gasteiger partial charge >= 0.3 is 5.97 Å². The van der Waals surface area contributed by atoms with Crippen LogP contribution in [0.1, 0.15) is 26.4 Å². The monoisotopic (exact) mass is 293 g/mol. The quantitative estimate of drug-likeness (QED) is 0.726. The summed E-state index contributed by atoms with van der Waals surface area (Å²) in [4.78, 5) is 39.2.